The molecule has 0 fully saturated rings. The van der Waals surface area contributed by atoms with E-state index in [9.17, 15) is 31.2 Å². The number of nitrogens with zero attached hydrogens (tertiary/aromatic N) is 1. The number of amides is 4. The van der Waals surface area contributed by atoms with Crippen LogP contribution >= 0.6 is 0 Å². The molecule has 242 valence electrons. The van der Waals surface area contributed by atoms with E-state index in [1.807, 2.05) is 45.9 Å². The molecule has 0 aromatic heterocycles. The number of para-hydroxylation sites is 1. The van der Waals surface area contributed by atoms with E-state index < -0.39 is 45.2 Å². The molecule has 3 N–H and O–H groups in total. The van der Waals surface area contributed by atoms with Crippen LogP contribution in [0.5, 0.6) is 0 Å². The maximum atomic E-state index is 14.0. The number of halogens is 3. The molecule has 0 saturated heterocycles. The lowest BCUT2D eigenvalue weighted by Crippen LogP contribution is -2.35. The minimum Gasteiger partial charge on any atom is -0.323 e. The summed E-state index contributed by atoms with van der Waals surface area (Å²) < 4.78 is 70.2. The molecule has 0 aliphatic carbocycles. The highest BCUT2D eigenvalue weighted by Gasteiger charge is 2.24. The number of hydrogen-bond acceptors (Lipinski definition) is 4. The van der Waals surface area contributed by atoms with Crippen LogP contribution in [0.4, 0.5) is 34.1 Å². The van der Waals surface area contributed by atoms with Crippen molar-refractivity contribution in [3.63, 3.8) is 0 Å². The Kier molecular flexibility index (Phi) is 10.4. The Bertz CT molecular complexity index is 1810. The minimum atomic E-state index is -4.31. The summed E-state index contributed by atoms with van der Waals surface area (Å²) in [5.74, 6) is -3.43. The Morgan fingerprint density at radius 1 is 0.761 bits per heavy atom. The third kappa shape index (κ3) is 7.86. The van der Waals surface area contributed by atoms with Gasteiger partial charge in [-0.05, 0) is 40.2 Å². The molecule has 0 aliphatic rings. The van der Waals surface area contributed by atoms with Crippen LogP contribution in [0.15, 0.2) is 83.8 Å². The summed E-state index contributed by atoms with van der Waals surface area (Å²) in [5, 5.41) is 4.86. The largest absolute Gasteiger partial charge is 0.333 e. The van der Waals surface area contributed by atoms with Crippen LogP contribution in [0.25, 0.3) is 11.1 Å². The van der Waals surface area contributed by atoms with Crippen LogP contribution in [0.1, 0.15) is 56.2 Å². The lowest BCUT2D eigenvalue weighted by molar-refractivity contribution is 0.220. The van der Waals surface area contributed by atoms with E-state index in [2.05, 4.69) is 15.4 Å². The lowest BCUT2D eigenvalue weighted by atomic mass is 9.93. The average Bonchev–Trinajstić information content (AvgIpc) is 2.98. The summed E-state index contributed by atoms with van der Waals surface area (Å²) in [6.45, 7) is 8.00. The van der Waals surface area contributed by atoms with E-state index in [4.69, 9.17) is 0 Å². The molecule has 4 amide bonds. The van der Waals surface area contributed by atoms with Gasteiger partial charge in [0.15, 0.2) is 11.6 Å². The maximum absolute atomic E-state index is 14.0. The molecule has 0 bridgehead atoms. The second kappa shape index (κ2) is 14.1. The Morgan fingerprint density at radius 2 is 1.33 bits per heavy atom. The van der Waals surface area contributed by atoms with Gasteiger partial charge in [-0.25, -0.2) is 35.9 Å². The second-order valence-electron chi connectivity index (χ2n) is 11.4. The molecule has 0 aliphatic heterocycles. The van der Waals surface area contributed by atoms with Gasteiger partial charge in [-0.1, -0.05) is 88.4 Å². The van der Waals surface area contributed by atoms with E-state index in [1.165, 1.54) is 18.0 Å². The molecule has 0 unspecified atom stereocenters. The molecule has 4 aromatic rings. The predicted octanol–water partition coefficient (Wildman–Crippen LogP) is 8.19. The van der Waals surface area contributed by atoms with Gasteiger partial charge in [0.25, 0.3) is 10.0 Å². The topological polar surface area (TPSA) is 108 Å². The van der Waals surface area contributed by atoms with Crippen LogP contribution in [0.2, 0.25) is 0 Å². The number of carbonyl (C=O) groups is 2. The minimum absolute atomic E-state index is 0.0361. The third-order valence-corrected chi connectivity index (χ3v) is 8.67. The molecule has 8 nitrogen and oxygen atoms in total. The Morgan fingerprint density at radius 3 is 1.89 bits per heavy atom. The zero-order valence-corrected chi connectivity index (χ0v) is 26.8. The molecule has 46 heavy (non-hydrogen) atoms. The zero-order valence-electron chi connectivity index (χ0n) is 26.0. The van der Waals surface area contributed by atoms with E-state index in [1.54, 1.807) is 42.5 Å². The number of hydrogen-bond donors (Lipinski definition) is 3. The average molecular weight is 653 g/mol. The molecular formula is C34H35F3N4O4S. The number of sulfonamides is 1. The van der Waals surface area contributed by atoms with Gasteiger partial charge in [0.2, 0.25) is 0 Å². The van der Waals surface area contributed by atoms with Gasteiger partial charge < -0.3 is 15.5 Å². The van der Waals surface area contributed by atoms with Crippen LogP contribution in [-0.4, -0.2) is 32.4 Å². The summed E-state index contributed by atoms with van der Waals surface area (Å²) >= 11 is 0. The summed E-state index contributed by atoms with van der Waals surface area (Å²) in [7, 11) is -2.90. The van der Waals surface area contributed by atoms with Gasteiger partial charge in [0.05, 0.1) is 4.90 Å². The van der Waals surface area contributed by atoms with E-state index in [0.29, 0.717) is 34.5 Å². The van der Waals surface area contributed by atoms with Gasteiger partial charge >= 0.3 is 12.1 Å². The van der Waals surface area contributed by atoms with E-state index in [0.717, 1.165) is 11.1 Å². The van der Waals surface area contributed by atoms with Crippen molar-refractivity contribution < 1.29 is 31.2 Å². The third-order valence-electron chi connectivity index (χ3n) is 7.29. The maximum Gasteiger partial charge on any atom is 0.333 e. The van der Waals surface area contributed by atoms with Crippen LogP contribution < -0.4 is 15.4 Å². The molecule has 12 heteroatoms. The number of anilines is 2. The fourth-order valence-electron chi connectivity index (χ4n) is 4.95. The van der Waals surface area contributed by atoms with Crippen molar-refractivity contribution in [2.24, 2.45) is 0 Å². The highest BCUT2D eigenvalue weighted by atomic mass is 32.2. The second-order valence-corrected chi connectivity index (χ2v) is 13.1. The first-order valence-corrected chi connectivity index (χ1v) is 16.0. The molecule has 0 atom stereocenters. The Labute approximate surface area is 266 Å². The summed E-state index contributed by atoms with van der Waals surface area (Å²) in [5.41, 5.74) is 3.08. The summed E-state index contributed by atoms with van der Waals surface area (Å²) in [6, 6.07) is 17.8. The molecule has 4 aromatic carbocycles. The highest BCUT2D eigenvalue weighted by molar-refractivity contribution is 7.90. The molecule has 4 rings (SSSR count). The fraction of sp³-hybridized carbons (Fsp3) is 0.235. The smallest absolute Gasteiger partial charge is 0.323 e. The fourth-order valence-corrected chi connectivity index (χ4v) is 6.09. The number of nitrogens with one attached hydrogen (secondary N) is 3. The molecule has 0 heterocycles. The van der Waals surface area contributed by atoms with Gasteiger partial charge in [0.1, 0.15) is 11.5 Å². The first-order valence-electron chi connectivity index (χ1n) is 14.5. The van der Waals surface area contributed by atoms with E-state index in [-0.39, 0.29) is 23.3 Å². The summed E-state index contributed by atoms with van der Waals surface area (Å²) in [4.78, 5) is 26.7. The van der Waals surface area contributed by atoms with Crippen molar-refractivity contribution in [3.8, 4) is 11.1 Å². The number of carbonyl (C=O) groups excluding carboxylic acids is 2. The molecular weight excluding hydrogens is 617 g/mol. The number of urea groups is 2. The van der Waals surface area contributed by atoms with Crippen LogP contribution in [-0.2, 0) is 16.6 Å². The Hall–Kier alpha value is -4.84. The molecule has 0 saturated carbocycles. The molecule has 0 spiro atoms. The standard InChI is InChI=1S/C34H35F3N4O4S/c1-20(2)25-10-8-11-26(21(3)4)31(25)38-33(42)40-46(44,45)30-12-7-6-9-27(30)23-15-13-22(14-16-23)19-41(5)34(43)39-32-28(36)17-24(35)18-29(32)37/h6-18,20-21H,19H2,1-5H3,(H,39,43)(H2,38,40,42). The zero-order chi connectivity index (χ0) is 33.8. The van der Waals surface area contributed by atoms with Crippen molar-refractivity contribution in [2.45, 2.75) is 51.0 Å². The van der Waals surface area contributed by atoms with Gasteiger partial charge in [-0.15, -0.1) is 0 Å². The highest BCUT2D eigenvalue weighted by Crippen LogP contribution is 2.33. The quantitative estimate of drug-likeness (QED) is 0.169. The van der Waals surface area contributed by atoms with Crippen molar-refractivity contribution in [2.75, 3.05) is 17.7 Å². The van der Waals surface area contributed by atoms with Crippen LogP contribution in [0, 0.1) is 17.5 Å². The number of benzene rings is 4. The first-order chi connectivity index (χ1) is 21.7. The SMILES string of the molecule is CC(C)c1cccc(C(C)C)c1NC(=O)NS(=O)(=O)c1ccccc1-c1ccc(CN(C)C(=O)Nc2c(F)cc(F)cc2F)cc1. The Balaban J connectivity index is 1.50. The first kappa shape index (κ1) is 34.0. The van der Waals surface area contributed by atoms with Crippen molar-refractivity contribution in [1.29, 1.82) is 0 Å². The van der Waals surface area contributed by atoms with Crippen LogP contribution in [0.3, 0.4) is 0 Å². The molecule has 0 radical (unpaired) electrons. The predicted molar refractivity (Wildman–Crippen MR) is 173 cm³/mol. The normalized spacial score (nSPS) is 11.4. The lowest BCUT2D eigenvalue weighted by Gasteiger charge is -2.20. The van der Waals surface area contributed by atoms with Crippen molar-refractivity contribution in [1.82, 2.24) is 9.62 Å². The van der Waals surface area contributed by atoms with Gasteiger partial charge in [-0.2, -0.15) is 0 Å². The van der Waals surface area contributed by atoms with Gasteiger partial charge in [0, 0.05) is 37.0 Å². The van der Waals surface area contributed by atoms with Gasteiger partial charge in [-0.3, -0.25) is 0 Å². The van der Waals surface area contributed by atoms with Crippen molar-refractivity contribution in [3.05, 3.63) is 113 Å². The monoisotopic (exact) mass is 652 g/mol. The van der Waals surface area contributed by atoms with Crippen molar-refractivity contribution >= 4 is 33.5 Å². The summed E-state index contributed by atoms with van der Waals surface area (Å²) in [6.07, 6.45) is 0. The number of rotatable bonds is 9. The van der Waals surface area contributed by atoms with E-state index >= 15 is 0 Å².